The molecule has 6 nitrogen and oxygen atoms in total. The summed E-state index contributed by atoms with van der Waals surface area (Å²) in [5.41, 5.74) is -0.152. The molecule has 0 radical (unpaired) electrons. The first-order valence-corrected chi connectivity index (χ1v) is 4.39. The van der Waals surface area contributed by atoms with Crippen molar-refractivity contribution in [2.75, 3.05) is 0 Å². The molecule has 0 spiro atoms. The maximum atomic E-state index is 10.8. The van der Waals surface area contributed by atoms with Gasteiger partial charge in [-0.05, 0) is 12.1 Å². The number of nitrogens with zero attached hydrogens (tertiary/aromatic N) is 3. The van der Waals surface area contributed by atoms with Crippen LogP contribution in [-0.2, 0) is 0 Å². The number of pyridine rings is 1. The molecule has 0 unspecified atom stereocenters. The predicted octanol–water partition coefficient (Wildman–Crippen LogP) is 1.36. The molecule has 0 saturated carbocycles. The molecule has 80 valence electrons. The van der Waals surface area contributed by atoms with E-state index >= 15 is 0 Å². The maximum absolute atomic E-state index is 10.8. The van der Waals surface area contributed by atoms with Crippen molar-refractivity contribution in [1.82, 2.24) is 15.0 Å². The minimum Gasteiger partial charge on any atom is -0.476 e. The second-order valence-electron chi connectivity index (χ2n) is 2.80. The zero-order valence-corrected chi connectivity index (χ0v) is 8.07. The van der Waals surface area contributed by atoms with Gasteiger partial charge in [-0.25, -0.2) is 19.7 Å². The average molecular weight is 217 g/mol. The number of carboxylic acid groups (broad SMARTS) is 1. The number of aromatic carboxylic acids is 1. The van der Waals surface area contributed by atoms with E-state index in [9.17, 15) is 4.79 Å². The highest BCUT2D eigenvalue weighted by Gasteiger charge is 2.12. The van der Waals surface area contributed by atoms with Crippen molar-refractivity contribution in [3.8, 4) is 11.6 Å². The van der Waals surface area contributed by atoms with Crippen molar-refractivity contribution >= 4 is 5.97 Å². The van der Waals surface area contributed by atoms with Crippen LogP contribution in [0.1, 0.15) is 10.5 Å². The molecular weight excluding hydrogens is 210 g/mol. The van der Waals surface area contributed by atoms with Gasteiger partial charge in [-0.2, -0.15) is 0 Å². The lowest BCUT2D eigenvalue weighted by molar-refractivity contribution is 0.0687. The second kappa shape index (κ2) is 4.35. The third-order valence-corrected chi connectivity index (χ3v) is 1.74. The van der Waals surface area contributed by atoms with E-state index in [0.29, 0.717) is 0 Å². The van der Waals surface area contributed by atoms with Crippen molar-refractivity contribution in [2.45, 2.75) is 0 Å². The van der Waals surface area contributed by atoms with Crippen LogP contribution in [0.2, 0.25) is 0 Å². The molecule has 2 heterocycles. The fourth-order valence-corrected chi connectivity index (χ4v) is 1.09. The van der Waals surface area contributed by atoms with Crippen LogP contribution in [-0.4, -0.2) is 26.0 Å². The van der Waals surface area contributed by atoms with E-state index in [1.54, 1.807) is 6.07 Å². The molecule has 0 aliphatic heterocycles. The van der Waals surface area contributed by atoms with Crippen LogP contribution >= 0.6 is 0 Å². The van der Waals surface area contributed by atoms with Crippen molar-refractivity contribution < 1.29 is 14.6 Å². The number of rotatable bonds is 3. The number of hydrogen-bond acceptors (Lipinski definition) is 5. The first-order valence-electron chi connectivity index (χ1n) is 4.39. The number of carbonyl (C=O) groups is 1. The zero-order chi connectivity index (χ0) is 11.4. The molecule has 6 heteroatoms. The predicted molar refractivity (Wildman–Crippen MR) is 53.3 cm³/mol. The Balaban J connectivity index is 2.31. The van der Waals surface area contributed by atoms with Gasteiger partial charge in [0, 0.05) is 18.5 Å². The molecule has 16 heavy (non-hydrogen) atoms. The Hall–Kier alpha value is -2.50. The molecular formula is C10H7N3O3. The number of carboxylic acids is 1. The monoisotopic (exact) mass is 217 g/mol. The van der Waals surface area contributed by atoms with Crippen molar-refractivity contribution in [1.29, 1.82) is 0 Å². The Labute approximate surface area is 90.6 Å². The number of aromatic nitrogens is 3. The zero-order valence-electron chi connectivity index (χ0n) is 8.07. The van der Waals surface area contributed by atoms with Crippen molar-refractivity contribution in [2.24, 2.45) is 0 Å². The molecule has 0 bridgehead atoms. The van der Waals surface area contributed by atoms with Gasteiger partial charge in [0.2, 0.25) is 5.88 Å². The molecule has 2 rings (SSSR count). The summed E-state index contributed by atoms with van der Waals surface area (Å²) in [6.45, 7) is 0. The van der Waals surface area contributed by atoms with E-state index in [4.69, 9.17) is 9.84 Å². The Morgan fingerprint density at radius 1 is 1.25 bits per heavy atom. The summed E-state index contributed by atoms with van der Waals surface area (Å²) in [7, 11) is 0. The van der Waals surface area contributed by atoms with E-state index in [1.807, 2.05) is 0 Å². The largest absolute Gasteiger partial charge is 0.476 e. The number of ether oxygens (including phenoxy) is 1. The quantitative estimate of drug-likeness (QED) is 0.835. The third kappa shape index (κ3) is 2.11. The van der Waals surface area contributed by atoms with Crippen LogP contribution in [0.25, 0.3) is 0 Å². The highest BCUT2D eigenvalue weighted by Crippen LogP contribution is 2.21. The summed E-state index contributed by atoms with van der Waals surface area (Å²) in [4.78, 5) is 22.1. The van der Waals surface area contributed by atoms with Crippen molar-refractivity contribution in [3.63, 3.8) is 0 Å². The lowest BCUT2D eigenvalue weighted by Gasteiger charge is -2.05. The minimum absolute atomic E-state index is 0.147. The first-order chi connectivity index (χ1) is 7.77. The van der Waals surface area contributed by atoms with Crippen molar-refractivity contribution in [3.05, 3.63) is 42.6 Å². The topological polar surface area (TPSA) is 85.2 Å². The highest BCUT2D eigenvalue weighted by molar-refractivity contribution is 5.88. The molecule has 0 fully saturated rings. The van der Waals surface area contributed by atoms with E-state index in [-0.39, 0.29) is 17.3 Å². The highest BCUT2D eigenvalue weighted by atomic mass is 16.5. The van der Waals surface area contributed by atoms with Gasteiger partial charge in [-0.15, -0.1) is 0 Å². The molecule has 0 atom stereocenters. The summed E-state index contributed by atoms with van der Waals surface area (Å²) in [5, 5.41) is 8.87. The number of hydrogen-bond donors (Lipinski definition) is 1. The van der Waals surface area contributed by atoms with Crippen LogP contribution in [0.4, 0.5) is 0 Å². The molecule has 0 aliphatic carbocycles. The molecule has 2 aromatic rings. The summed E-state index contributed by atoms with van der Waals surface area (Å²) in [6, 6.07) is 4.63. The Morgan fingerprint density at radius 2 is 2.12 bits per heavy atom. The normalized spacial score (nSPS) is 9.75. The van der Waals surface area contributed by atoms with Gasteiger partial charge in [-0.3, -0.25) is 0 Å². The molecule has 1 N–H and O–H groups in total. The van der Waals surface area contributed by atoms with Gasteiger partial charge in [0.15, 0.2) is 11.4 Å². The Bertz CT molecular complexity index is 502. The van der Waals surface area contributed by atoms with Gasteiger partial charge < -0.3 is 9.84 Å². The molecule has 0 amide bonds. The summed E-state index contributed by atoms with van der Waals surface area (Å²) in [6.07, 6.45) is 4.20. The van der Waals surface area contributed by atoms with Crippen LogP contribution in [0, 0.1) is 0 Å². The molecule has 0 aliphatic rings. The Morgan fingerprint density at radius 3 is 2.81 bits per heavy atom. The lowest BCUT2D eigenvalue weighted by atomic mass is 10.3. The lowest BCUT2D eigenvalue weighted by Crippen LogP contribution is -2.03. The summed E-state index contributed by atoms with van der Waals surface area (Å²) >= 11 is 0. The van der Waals surface area contributed by atoms with Gasteiger partial charge in [0.25, 0.3) is 0 Å². The van der Waals surface area contributed by atoms with Gasteiger partial charge in [0.05, 0.1) is 0 Å². The molecule has 0 aromatic carbocycles. The standard InChI is InChI=1S/C10H7N3O3/c14-10(15)9-7(2-1-4-12-9)16-8-3-5-11-6-13-8/h1-6H,(H,14,15). The van der Waals surface area contributed by atoms with Crippen LogP contribution in [0.5, 0.6) is 11.6 Å². The van der Waals surface area contributed by atoms with Gasteiger partial charge in [-0.1, -0.05) is 0 Å². The summed E-state index contributed by atoms with van der Waals surface area (Å²) < 4.78 is 5.28. The fourth-order valence-electron chi connectivity index (χ4n) is 1.09. The van der Waals surface area contributed by atoms with Crippen LogP contribution < -0.4 is 4.74 Å². The van der Waals surface area contributed by atoms with E-state index < -0.39 is 5.97 Å². The SMILES string of the molecule is O=C(O)c1ncccc1Oc1ccncn1. The van der Waals surface area contributed by atoms with Crippen LogP contribution in [0.3, 0.4) is 0 Å². The molecule has 2 aromatic heterocycles. The molecule has 0 saturated heterocycles. The van der Waals surface area contributed by atoms with E-state index in [1.165, 1.54) is 30.9 Å². The maximum Gasteiger partial charge on any atom is 0.358 e. The van der Waals surface area contributed by atoms with Gasteiger partial charge >= 0.3 is 5.97 Å². The third-order valence-electron chi connectivity index (χ3n) is 1.74. The fraction of sp³-hybridized carbons (Fsp3) is 0. The average Bonchev–Trinajstić information content (AvgIpc) is 2.31. The second-order valence-corrected chi connectivity index (χ2v) is 2.80. The minimum atomic E-state index is -1.15. The Kier molecular flexibility index (Phi) is 2.73. The first kappa shape index (κ1) is 10.0. The van der Waals surface area contributed by atoms with Crippen LogP contribution in [0.15, 0.2) is 36.9 Å². The summed E-state index contributed by atoms with van der Waals surface area (Å²) in [5.74, 6) is -0.733. The van der Waals surface area contributed by atoms with E-state index in [2.05, 4.69) is 15.0 Å². The van der Waals surface area contributed by atoms with Gasteiger partial charge in [0.1, 0.15) is 6.33 Å². The van der Waals surface area contributed by atoms with E-state index in [0.717, 1.165) is 0 Å². The smallest absolute Gasteiger partial charge is 0.358 e.